The van der Waals surface area contributed by atoms with E-state index in [9.17, 15) is 0 Å². The SMILES string of the molecule is [2H]C[C@H]1O[C@@H]([B])[C@@H](CCC(C)C)C1OP(OCCC#N)N(C(C)C)C(C)C. The van der Waals surface area contributed by atoms with E-state index < -0.39 is 14.5 Å². The summed E-state index contributed by atoms with van der Waals surface area (Å²) in [7, 11) is 4.87. The third kappa shape index (κ3) is 7.10. The van der Waals surface area contributed by atoms with Crippen LogP contribution in [-0.4, -0.2) is 49.4 Å². The van der Waals surface area contributed by atoms with Crippen LogP contribution in [0.5, 0.6) is 0 Å². The molecule has 148 valence electrons. The van der Waals surface area contributed by atoms with Crippen LogP contribution in [0.25, 0.3) is 0 Å². The van der Waals surface area contributed by atoms with Gasteiger partial charge in [0.2, 0.25) is 0 Å². The molecule has 0 bridgehead atoms. The van der Waals surface area contributed by atoms with Crippen molar-refractivity contribution in [1.29, 1.82) is 5.26 Å². The molecule has 0 N–H and O–H groups in total. The van der Waals surface area contributed by atoms with Crippen LogP contribution < -0.4 is 0 Å². The average Bonchev–Trinajstić information content (AvgIpc) is 2.87. The van der Waals surface area contributed by atoms with Crippen LogP contribution in [0, 0.1) is 23.2 Å². The maximum Gasteiger partial charge on any atom is 0.259 e. The van der Waals surface area contributed by atoms with Crippen molar-refractivity contribution in [2.24, 2.45) is 11.8 Å². The summed E-state index contributed by atoms with van der Waals surface area (Å²) in [4.78, 5) is 0. The molecule has 1 aliphatic rings. The van der Waals surface area contributed by atoms with Gasteiger partial charge in [0.25, 0.3) is 8.53 Å². The molecule has 0 aliphatic carbocycles. The van der Waals surface area contributed by atoms with E-state index in [0.29, 0.717) is 18.9 Å². The van der Waals surface area contributed by atoms with Crippen LogP contribution >= 0.6 is 8.53 Å². The zero-order chi connectivity index (χ0) is 20.6. The summed E-state index contributed by atoms with van der Waals surface area (Å²) in [6.45, 7) is 13.3. The summed E-state index contributed by atoms with van der Waals surface area (Å²) >= 11 is 0. The third-order valence-corrected chi connectivity index (χ3v) is 6.62. The molecule has 2 radical (unpaired) electrons. The second kappa shape index (κ2) is 11.6. The fraction of sp³-hybridized carbons (Fsp3) is 0.947. The lowest BCUT2D eigenvalue weighted by Crippen LogP contribution is -2.37. The highest BCUT2D eigenvalue weighted by molar-refractivity contribution is 7.44. The van der Waals surface area contributed by atoms with E-state index in [1.807, 2.05) is 0 Å². The molecule has 0 saturated carbocycles. The molecular weight excluding hydrogens is 346 g/mol. The quantitative estimate of drug-likeness (QED) is 0.296. The molecule has 26 heavy (non-hydrogen) atoms. The lowest BCUT2D eigenvalue weighted by Gasteiger charge is -2.38. The van der Waals surface area contributed by atoms with Crippen LogP contribution in [0.15, 0.2) is 0 Å². The molecule has 1 saturated heterocycles. The van der Waals surface area contributed by atoms with Gasteiger partial charge in [-0.15, -0.1) is 0 Å². The molecule has 1 heterocycles. The first-order chi connectivity index (χ1) is 12.7. The Morgan fingerprint density at radius 3 is 2.42 bits per heavy atom. The second-order valence-electron chi connectivity index (χ2n) is 7.89. The van der Waals surface area contributed by atoms with Crippen LogP contribution in [-0.2, 0) is 13.8 Å². The van der Waals surface area contributed by atoms with E-state index in [2.05, 4.69) is 52.3 Å². The minimum Gasteiger partial charge on any atom is -0.382 e. The molecule has 0 amide bonds. The Kier molecular flexibility index (Phi) is 9.88. The van der Waals surface area contributed by atoms with Gasteiger partial charge in [0, 0.05) is 25.4 Å². The van der Waals surface area contributed by atoms with E-state index in [-0.39, 0.29) is 37.1 Å². The number of nitrogens with zero attached hydrogens (tertiary/aromatic N) is 2. The summed E-state index contributed by atoms with van der Waals surface area (Å²) in [6.07, 6.45) is 1.67. The van der Waals surface area contributed by atoms with Gasteiger partial charge < -0.3 is 13.8 Å². The number of nitriles is 1. The normalized spacial score (nSPS) is 28.1. The van der Waals surface area contributed by atoms with Crippen molar-refractivity contribution >= 4 is 16.4 Å². The summed E-state index contributed by atoms with van der Waals surface area (Å²) in [5, 5.41) is 8.86. The Morgan fingerprint density at radius 1 is 1.27 bits per heavy atom. The van der Waals surface area contributed by atoms with Gasteiger partial charge in [-0.05, 0) is 46.9 Å². The molecule has 0 aromatic heterocycles. The van der Waals surface area contributed by atoms with Crippen LogP contribution in [0.4, 0.5) is 0 Å². The van der Waals surface area contributed by atoms with Gasteiger partial charge in [0.1, 0.15) is 7.85 Å². The molecule has 1 aliphatic heterocycles. The van der Waals surface area contributed by atoms with Crippen LogP contribution in [0.3, 0.4) is 0 Å². The first-order valence-electron chi connectivity index (χ1n) is 10.4. The minimum atomic E-state index is -1.37. The molecule has 1 fully saturated rings. The first-order valence-corrected chi connectivity index (χ1v) is 10.8. The number of hydrogen-bond acceptors (Lipinski definition) is 5. The van der Waals surface area contributed by atoms with E-state index in [0.717, 1.165) is 12.8 Å². The highest BCUT2D eigenvalue weighted by Gasteiger charge is 2.43. The highest BCUT2D eigenvalue weighted by atomic mass is 31.2. The van der Waals surface area contributed by atoms with Crippen molar-refractivity contribution in [3.05, 3.63) is 0 Å². The number of ether oxygens (including phenoxy) is 1. The van der Waals surface area contributed by atoms with Crippen molar-refractivity contribution in [3.8, 4) is 6.07 Å². The Morgan fingerprint density at radius 2 is 1.92 bits per heavy atom. The van der Waals surface area contributed by atoms with Crippen molar-refractivity contribution in [1.82, 2.24) is 4.67 Å². The van der Waals surface area contributed by atoms with Crippen molar-refractivity contribution in [2.75, 3.05) is 6.61 Å². The van der Waals surface area contributed by atoms with E-state index >= 15 is 0 Å². The lowest BCUT2D eigenvalue weighted by atomic mass is 9.81. The summed E-state index contributed by atoms with van der Waals surface area (Å²) < 4.78 is 28.4. The molecule has 5 atom stereocenters. The van der Waals surface area contributed by atoms with E-state index in [1.54, 1.807) is 0 Å². The zero-order valence-corrected chi connectivity index (χ0v) is 18.1. The average molecular weight is 383 g/mol. The Labute approximate surface area is 164 Å². The maximum absolute atomic E-state index is 8.86. The number of rotatable bonds is 11. The molecule has 0 spiro atoms. The largest absolute Gasteiger partial charge is 0.382 e. The molecule has 0 aromatic rings. The number of hydrogen-bond donors (Lipinski definition) is 0. The van der Waals surface area contributed by atoms with Gasteiger partial charge in [0.15, 0.2) is 0 Å². The Balaban J connectivity index is 2.99. The first kappa shape index (κ1) is 22.1. The molecule has 7 heteroatoms. The van der Waals surface area contributed by atoms with Crippen molar-refractivity contribution in [3.63, 3.8) is 0 Å². The van der Waals surface area contributed by atoms with Gasteiger partial charge in [-0.2, -0.15) is 5.26 Å². The second-order valence-corrected chi connectivity index (χ2v) is 9.30. The van der Waals surface area contributed by atoms with Gasteiger partial charge in [0.05, 0.1) is 31.3 Å². The molecule has 2 unspecified atom stereocenters. The monoisotopic (exact) mass is 383 g/mol. The van der Waals surface area contributed by atoms with E-state index in [1.165, 1.54) is 0 Å². The van der Waals surface area contributed by atoms with Gasteiger partial charge in [-0.25, -0.2) is 4.67 Å². The summed E-state index contributed by atoms with van der Waals surface area (Å²) in [5.74, 6) is 0.623. The molecule has 5 nitrogen and oxygen atoms in total. The molecule has 0 aromatic carbocycles. The van der Waals surface area contributed by atoms with Gasteiger partial charge in [-0.3, -0.25) is 0 Å². The summed E-state index contributed by atoms with van der Waals surface area (Å²) in [6, 6.07) is 2.18. The standard InChI is InChI=1S/C19H36BN2O3P/c1-13(2)9-10-17-18(16(7)24-19(17)20)25-26(23-12-8-11-21)22(14(3)4)15(5)6/h13-19H,8-10,12H2,1-7H3/t16-,17+,18?,19-,26?/m1/s1/i7D. The third-order valence-electron chi connectivity index (χ3n) is 4.49. The predicted molar refractivity (Wildman–Crippen MR) is 108 cm³/mol. The summed E-state index contributed by atoms with van der Waals surface area (Å²) in [5.41, 5.74) is 0. The molecule has 1 rings (SSSR count). The lowest BCUT2D eigenvalue weighted by molar-refractivity contribution is 0.0441. The molecular formula is C19H36BN2O3P. The Hall–Kier alpha value is -0.175. The Bertz CT molecular complexity index is 457. The zero-order valence-electron chi connectivity index (χ0n) is 18.2. The van der Waals surface area contributed by atoms with E-state index in [4.69, 9.17) is 28.3 Å². The predicted octanol–water partition coefficient (Wildman–Crippen LogP) is 4.61. The van der Waals surface area contributed by atoms with Gasteiger partial charge >= 0.3 is 0 Å². The maximum atomic E-state index is 8.86. The van der Waals surface area contributed by atoms with Crippen molar-refractivity contribution < 1.29 is 15.2 Å². The van der Waals surface area contributed by atoms with Gasteiger partial charge in [-0.1, -0.05) is 20.3 Å². The van der Waals surface area contributed by atoms with Crippen LogP contribution in [0.2, 0.25) is 0 Å². The highest BCUT2D eigenvalue weighted by Crippen LogP contribution is 2.50. The fourth-order valence-corrected chi connectivity index (χ4v) is 5.05. The van der Waals surface area contributed by atoms with Crippen LogP contribution in [0.1, 0.15) is 69.1 Å². The minimum absolute atomic E-state index is 0.0495. The topological polar surface area (TPSA) is 54.7 Å². The fourth-order valence-electron chi connectivity index (χ4n) is 3.24. The smallest absolute Gasteiger partial charge is 0.259 e. The van der Waals surface area contributed by atoms with Crippen molar-refractivity contribution in [2.45, 2.75) is 98.0 Å².